The van der Waals surface area contributed by atoms with Crippen molar-refractivity contribution in [2.24, 2.45) is 0 Å². The number of hydrogen-bond acceptors (Lipinski definition) is 8. The highest BCUT2D eigenvalue weighted by Gasteiger charge is 2.38. The zero-order valence-electron chi connectivity index (χ0n) is 15.5. The number of nitrogens with zero attached hydrogens (tertiary/aromatic N) is 8. The van der Waals surface area contributed by atoms with Gasteiger partial charge in [-0.1, -0.05) is 0 Å². The maximum Gasteiger partial charge on any atom is 0.470 e. The van der Waals surface area contributed by atoms with Gasteiger partial charge in [-0.05, 0) is 44.5 Å². The van der Waals surface area contributed by atoms with Gasteiger partial charge in [0.25, 0.3) is 0 Å². The second-order valence-corrected chi connectivity index (χ2v) is 7.41. The molecule has 0 spiro atoms. The van der Waals surface area contributed by atoms with E-state index in [0.29, 0.717) is 13.1 Å². The predicted octanol–water partition coefficient (Wildman–Crippen LogP) is 2.12. The quantitative estimate of drug-likeness (QED) is 0.649. The van der Waals surface area contributed by atoms with Crippen LogP contribution in [0.3, 0.4) is 0 Å². The van der Waals surface area contributed by atoms with E-state index in [1.807, 2.05) is 21.5 Å². The van der Waals surface area contributed by atoms with E-state index in [1.165, 1.54) is 6.42 Å². The Morgan fingerprint density at radius 1 is 1.00 bits per heavy atom. The molecule has 5 heterocycles. The lowest BCUT2D eigenvalue weighted by molar-refractivity contribution is -0.157. The van der Waals surface area contributed by atoms with Crippen LogP contribution >= 0.6 is 0 Å². The van der Waals surface area contributed by atoms with Crippen molar-refractivity contribution in [3.05, 3.63) is 29.7 Å². The fourth-order valence-electron chi connectivity index (χ4n) is 3.74. The molecule has 3 aromatic rings. The molecule has 0 aromatic carbocycles. The summed E-state index contributed by atoms with van der Waals surface area (Å²) in [6.45, 7) is 3.61. The van der Waals surface area contributed by atoms with Gasteiger partial charge in [0.2, 0.25) is 5.89 Å². The van der Waals surface area contributed by atoms with Gasteiger partial charge in [-0.15, -0.1) is 25.5 Å². The molecule has 0 saturated carbocycles. The zero-order chi connectivity index (χ0) is 20.0. The normalized spacial score (nSPS) is 19.1. The summed E-state index contributed by atoms with van der Waals surface area (Å²) in [5.41, 5.74) is 0.720. The first-order valence-electron chi connectivity index (χ1n) is 9.56. The maximum absolute atomic E-state index is 12.6. The first kappa shape index (κ1) is 18.3. The molecule has 29 heavy (non-hydrogen) atoms. The first-order valence-corrected chi connectivity index (χ1v) is 9.56. The molecule has 2 fully saturated rings. The largest absolute Gasteiger partial charge is 0.470 e. The van der Waals surface area contributed by atoms with E-state index in [4.69, 9.17) is 9.52 Å². The van der Waals surface area contributed by atoms with Gasteiger partial charge in [0, 0.05) is 19.0 Å². The van der Waals surface area contributed by atoms with Crippen LogP contribution < -0.4 is 4.90 Å². The van der Waals surface area contributed by atoms with Gasteiger partial charge in [0.15, 0.2) is 11.5 Å². The molecular weight excluding hydrogens is 389 g/mol. The van der Waals surface area contributed by atoms with Crippen LogP contribution in [0.4, 0.5) is 19.0 Å². The Kier molecular flexibility index (Phi) is 4.37. The van der Waals surface area contributed by atoms with Crippen molar-refractivity contribution in [1.29, 1.82) is 0 Å². The van der Waals surface area contributed by atoms with Crippen LogP contribution in [0.5, 0.6) is 0 Å². The molecule has 0 atom stereocenters. The number of likely N-dealkylation sites (tertiary alicyclic amines) is 1. The smallest absolute Gasteiger partial charge is 0.416 e. The Labute approximate surface area is 163 Å². The maximum atomic E-state index is 12.6. The van der Waals surface area contributed by atoms with Crippen molar-refractivity contribution in [1.82, 2.24) is 34.9 Å². The van der Waals surface area contributed by atoms with E-state index in [2.05, 4.69) is 25.3 Å². The minimum Gasteiger partial charge on any atom is -0.416 e. The Morgan fingerprint density at radius 2 is 1.79 bits per heavy atom. The highest BCUT2D eigenvalue weighted by atomic mass is 19.4. The predicted molar refractivity (Wildman–Crippen MR) is 94.2 cm³/mol. The summed E-state index contributed by atoms with van der Waals surface area (Å²) >= 11 is 0. The highest BCUT2D eigenvalue weighted by molar-refractivity contribution is 5.47. The van der Waals surface area contributed by atoms with Crippen LogP contribution in [0, 0.1) is 0 Å². The van der Waals surface area contributed by atoms with Gasteiger partial charge >= 0.3 is 12.1 Å². The second kappa shape index (κ2) is 6.94. The van der Waals surface area contributed by atoms with Gasteiger partial charge < -0.3 is 9.32 Å². The number of aromatic nitrogens is 6. The average molecular weight is 408 g/mol. The Bertz CT molecular complexity index is 1000. The van der Waals surface area contributed by atoms with Crippen LogP contribution in [0.15, 0.2) is 16.5 Å². The van der Waals surface area contributed by atoms with E-state index < -0.39 is 12.1 Å². The number of hydrogen-bond donors (Lipinski definition) is 0. The highest BCUT2D eigenvalue weighted by Crippen LogP contribution is 2.30. The molecule has 2 aliphatic rings. The minimum absolute atomic E-state index is 0.0236. The van der Waals surface area contributed by atoms with Gasteiger partial charge in [-0.2, -0.15) is 17.7 Å². The van der Waals surface area contributed by atoms with Crippen LogP contribution in [0.25, 0.3) is 5.65 Å². The van der Waals surface area contributed by atoms with Gasteiger partial charge in [-0.3, -0.25) is 4.90 Å². The van der Waals surface area contributed by atoms with Crippen LogP contribution in [0.1, 0.15) is 42.8 Å². The molecule has 9 nitrogen and oxygen atoms in total. The van der Waals surface area contributed by atoms with Crippen LogP contribution in [0.2, 0.25) is 0 Å². The number of halogens is 3. The van der Waals surface area contributed by atoms with Crippen molar-refractivity contribution >= 4 is 11.5 Å². The number of rotatable bonds is 4. The van der Waals surface area contributed by atoms with E-state index in [1.54, 1.807) is 0 Å². The number of alkyl halides is 3. The third-order valence-electron chi connectivity index (χ3n) is 5.47. The molecule has 0 aliphatic carbocycles. The Morgan fingerprint density at radius 3 is 2.45 bits per heavy atom. The van der Waals surface area contributed by atoms with Crippen molar-refractivity contribution in [2.75, 3.05) is 31.1 Å². The Balaban J connectivity index is 1.25. The van der Waals surface area contributed by atoms with Gasteiger partial charge in [0.1, 0.15) is 5.82 Å². The molecule has 3 aromatic heterocycles. The fourth-order valence-corrected chi connectivity index (χ4v) is 3.74. The summed E-state index contributed by atoms with van der Waals surface area (Å²) in [4.78, 5) is 4.22. The Hall–Kier alpha value is -2.76. The van der Waals surface area contributed by atoms with Crippen molar-refractivity contribution in [3.8, 4) is 0 Å². The molecular formula is C17H19F3N8O. The fraction of sp³-hybridized carbons (Fsp3) is 0.588. The minimum atomic E-state index is -4.62. The van der Waals surface area contributed by atoms with Crippen molar-refractivity contribution in [2.45, 2.75) is 37.9 Å². The van der Waals surface area contributed by atoms with Crippen molar-refractivity contribution < 1.29 is 17.6 Å². The second-order valence-electron chi connectivity index (χ2n) is 7.41. The summed E-state index contributed by atoms with van der Waals surface area (Å²) in [6, 6.07) is 3.90. The molecule has 0 N–H and O–H groups in total. The molecule has 2 saturated heterocycles. The standard InChI is InChI=1S/C17H19F3N8O/c18-17(19,20)16-24-22-14(29-16)10-26-8-4-11(5-9-26)15-23-21-12-2-3-13(25-28(12)15)27-6-1-7-27/h2-3,11H,1,4-10H2. The summed E-state index contributed by atoms with van der Waals surface area (Å²) in [6.07, 6.45) is -1.83. The average Bonchev–Trinajstić information content (AvgIpc) is 3.28. The molecule has 12 heteroatoms. The van der Waals surface area contributed by atoms with Gasteiger partial charge in [0.05, 0.1) is 6.54 Å². The first-order chi connectivity index (χ1) is 14.0. The van der Waals surface area contributed by atoms with Crippen LogP contribution in [-0.4, -0.2) is 61.1 Å². The lowest BCUT2D eigenvalue weighted by atomic mass is 9.96. The molecule has 0 unspecified atom stereocenters. The molecule has 0 amide bonds. The van der Waals surface area contributed by atoms with E-state index in [9.17, 15) is 13.2 Å². The topological polar surface area (TPSA) is 88.5 Å². The molecule has 5 rings (SSSR count). The lowest BCUT2D eigenvalue weighted by Crippen LogP contribution is -2.38. The van der Waals surface area contributed by atoms with Crippen molar-refractivity contribution in [3.63, 3.8) is 0 Å². The SMILES string of the molecule is FC(F)(F)c1nnc(CN2CCC(c3nnc4ccc(N5CCC5)nn34)CC2)o1. The summed E-state index contributed by atoms with van der Waals surface area (Å²) < 4.78 is 44.3. The molecule has 0 bridgehead atoms. The van der Waals surface area contributed by atoms with E-state index in [0.717, 1.165) is 43.2 Å². The molecule has 0 radical (unpaired) electrons. The van der Waals surface area contributed by atoms with Crippen LogP contribution in [-0.2, 0) is 12.7 Å². The summed E-state index contributed by atoms with van der Waals surface area (Å²) in [5, 5.41) is 19.9. The molecule has 2 aliphatic heterocycles. The summed E-state index contributed by atoms with van der Waals surface area (Å²) in [7, 11) is 0. The number of anilines is 1. The van der Waals surface area contributed by atoms with Gasteiger partial charge in [-0.25, -0.2) is 0 Å². The van der Waals surface area contributed by atoms with E-state index in [-0.39, 0.29) is 18.4 Å². The number of piperidine rings is 1. The lowest BCUT2D eigenvalue weighted by Gasteiger charge is -2.32. The monoisotopic (exact) mass is 408 g/mol. The number of fused-ring (bicyclic) bond motifs is 1. The van der Waals surface area contributed by atoms with E-state index >= 15 is 0 Å². The third-order valence-corrected chi connectivity index (χ3v) is 5.47. The third kappa shape index (κ3) is 3.52. The summed E-state index contributed by atoms with van der Waals surface area (Å²) in [5.74, 6) is 0.623. The zero-order valence-corrected chi connectivity index (χ0v) is 15.5. The molecule has 154 valence electrons.